The van der Waals surface area contributed by atoms with Crippen LogP contribution in [0.25, 0.3) is 11.2 Å². The SMILES string of the molecule is O=NCCOC(=O)c1c2c3oc1c(OC(=O)C14CC5CC(CC(C5)C1)C4)c3CC2=O. The zero-order chi connectivity index (χ0) is 20.6. The normalized spacial score (nSPS) is 30.9. The van der Waals surface area contributed by atoms with Crippen molar-refractivity contribution in [2.45, 2.75) is 44.9 Å². The first-order valence-corrected chi connectivity index (χ1v) is 10.6. The molecule has 2 heterocycles. The second-order valence-electron chi connectivity index (χ2n) is 9.49. The summed E-state index contributed by atoms with van der Waals surface area (Å²) in [7, 11) is 0. The molecule has 0 amide bonds. The van der Waals surface area contributed by atoms with Crippen molar-refractivity contribution in [3.05, 3.63) is 21.6 Å². The summed E-state index contributed by atoms with van der Waals surface area (Å²) in [6, 6.07) is 0. The molecule has 0 radical (unpaired) electrons. The lowest BCUT2D eigenvalue weighted by molar-refractivity contribution is -0.161. The maximum Gasteiger partial charge on any atom is 0.343 e. The number of rotatable bonds is 6. The van der Waals surface area contributed by atoms with Crippen LogP contribution in [0, 0.1) is 28.1 Å². The molecule has 0 atom stereocenters. The average Bonchev–Trinajstić information content (AvgIpc) is 3.30. The molecule has 6 bridgehead atoms. The number of ketones is 1. The van der Waals surface area contributed by atoms with Gasteiger partial charge in [0, 0.05) is 6.42 Å². The van der Waals surface area contributed by atoms with Crippen molar-refractivity contribution in [3.8, 4) is 5.75 Å². The minimum atomic E-state index is -0.767. The van der Waals surface area contributed by atoms with Gasteiger partial charge >= 0.3 is 11.9 Å². The van der Waals surface area contributed by atoms with Gasteiger partial charge in [-0.25, -0.2) is 4.79 Å². The van der Waals surface area contributed by atoms with Crippen molar-refractivity contribution in [1.82, 2.24) is 0 Å². The molecule has 0 N–H and O–H groups in total. The Labute approximate surface area is 171 Å². The molecule has 0 aliphatic heterocycles. The van der Waals surface area contributed by atoms with Crippen molar-refractivity contribution in [2.75, 3.05) is 13.2 Å². The minimum Gasteiger partial charge on any atom is -0.460 e. The number of fused-ring (bicyclic) bond motifs is 1. The summed E-state index contributed by atoms with van der Waals surface area (Å²) in [5, 5.41) is 2.66. The van der Waals surface area contributed by atoms with Crippen molar-refractivity contribution >= 4 is 28.9 Å². The van der Waals surface area contributed by atoms with E-state index in [0.717, 1.165) is 19.3 Å². The highest BCUT2D eigenvalue weighted by molar-refractivity contribution is 6.22. The lowest BCUT2D eigenvalue weighted by atomic mass is 9.49. The van der Waals surface area contributed by atoms with E-state index in [4.69, 9.17) is 13.9 Å². The number of hydrogen-bond acceptors (Lipinski definition) is 8. The molecule has 4 fully saturated rings. The number of esters is 2. The van der Waals surface area contributed by atoms with Crippen LogP contribution in [0.1, 0.15) is 64.8 Å². The molecule has 156 valence electrons. The van der Waals surface area contributed by atoms with Crippen molar-refractivity contribution < 1.29 is 28.3 Å². The third kappa shape index (κ3) is 2.36. The fourth-order valence-electron chi connectivity index (χ4n) is 6.83. The van der Waals surface area contributed by atoms with Crippen molar-refractivity contribution in [3.63, 3.8) is 0 Å². The number of Topliss-reactive ketones (excluding diaryl/α,β-unsaturated/α-hetero) is 1. The first kappa shape index (κ1) is 18.0. The Kier molecular flexibility index (Phi) is 3.68. The second-order valence-corrected chi connectivity index (χ2v) is 9.49. The molecule has 2 aromatic rings. The maximum atomic E-state index is 13.4. The van der Waals surface area contributed by atoms with Crippen LogP contribution in [0.5, 0.6) is 5.75 Å². The number of nitroso groups, excluding NO2 is 1. The van der Waals surface area contributed by atoms with E-state index in [1.807, 2.05) is 0 Å². The number of carbonyl (C=O) groups excluding carboxylic acids is 3. The van der Waals surface area contributed by atoms with Crippen molar-refractivity contribution in [1.29, 1.82) is 0 Å². The van der Waals surface area contributed by atoms with Crippen LogP contribution in [-0.4, -0.2) is 30.9 Å². The first-order valence-electron chi connectivity index (χ1n) is 10.6. The fourth-order valence-corrected chi connectivity index (χ4v) is 6.83. The van der Waals surface area contributed by atoms with E-state index in [1.54, 1.807) is 0 Å². The number of nitrogens with zero attached hydrogens (tertiary/aromatic N) is 1. The minimum absolute atomic E-state index is 0.00420. The molecule has 5 aliphatic carbocycles. The monoisotopic (exact) mass is 411 g/mol. The Bertz CT molecular complexity index is 1060. The molecule has 8 nitrogen and oxygen atoms in total. The Morgan fingerprint density at radius 1 is 1.07 bits per heavy atom. The molecule has 30 heavy (non-hydrogen) atoms. The van der Waals surface area contributed by atoms with Gasteiger partial charge < -0.3 is 13.9 Å². The van der Waals surface area contributed by atoms with Crippen LogP contribution in [-0.2, 0) is 16.0 Å². The molecule has 8 heteroatoms. The van der Waals surface area contributed by atoms with Gasteiger partial charge in [-0.2, -0.15) is 4.91 Å². The molecule has 0 unspecified atom stereocenters. The third-order valence-electron chi connectivity index (χ3n) is 7.56. The molecule has 0 aromatic carbocycles. The summed E-state index contributed by atoms with van der Waals surface area (Å²) in [4.78, 5) is 48.6. The van der Waals surface area contributed by atoms with E-state index >= 15 is 0 Å². The molecular formula is C22H21NO7. The van der Waals surface area contributed by atoms with Gasteiger partial charge in [0.25, 0.3) is 0 Å². The molecule has 2 aromatic heterocycles. The summed E-state index contributed by atoms with van der Waals surface area (Å²) in [5.41, 5.74) is 0.691. The van der Waals surface area contributed by atoms with Crippen LogP contribution < -0.4 is 4.74 Å². The summed E-state index contributed by atoms with van der Waals surface area (Å²) in [6.07, 6.45) is 6.27. The highest BCUT2D eigenvalue weighted by Gasteiger charge is 2.56. The summed E-state index contributed by atoms with van der Waals surface area (Å²) in [5.74, 6) is 0.699. The van der Waals surface area contributed by atoms with Crippen LogP contribution in [0.15, 0.2) is 9.59 Å². The second kappa shape index (κ2) is 6.12. The van der Waals surface area contributed by atoms with Crippen LogP contribution in [0.4, 0.5) is 0 Å². The number of furan rings is 2. The summed E-state index contributed by atoms with van der Waals surface area (Å²) >= 11 is 0. The van der Waals surface area contributed by atoms with E-state index in [-0.39, 0.29) is 53.8 Å². The number of ether oxygens (including phenoxy) is 2. The van der Waals surface area contributed by atoms with Crippen molar-refractivity contribution in [2.24, 2.45) is 28.3 Å². The number of hydrogen-bond donors (Lipinski definition) is 0. The van der Waals surface area contributed by atoms with Crippen LogP contribution >= 0.6 is 0 Å². The third-order valence-corrected chi connectivity index (χ3v) is 7.56. The quantitative estimate of drug-likeness (QED) is 0.309. The predicted octanol–water partition coefficient (Wildman–Crippen LogP) is 3.65. The van der Waals surface area contributed by atoms with Crippen LogP contribution in [0.3, 0.4) is 0 Å². The first-order chi connectivity index (χ1) is 14.5. The van der Waals surface area contributed by atoms with E-state index in [2.05, 4.69) is 5.18 Å². The molecule has 4 saturated carbocycles. The van der Waals surface area contributed by atoms with Gasteiger partial charge in [-0.1, -0.05) is 5.18 Å². The topological polar surface area (TPSA) is 112 Å². The van der Waals surface area contributed by atoms with E-state index in [0.29, 0.717) is 28.9 Å². The molecule has 0 spiro atoms. The lowest BCUT2D eigenvalue weighted by Gasteiger charge is -2.55. The lowest BCUT2D eigenvalue weighted by Crippen LogP contribution is -2.51. The zero-order valence-electron chi connectivity index (χ0n) is 16.4. The zero-order valence-corrected chi connectivity index (χ0v) is 16.4. The molecule has 7 rings (SSSR count). The average molecular weight is 411 g/mol. The van der Waals surface area contributed by atoms with E-state index in [1.165, 1.54) is 19.3 Å². The predicted molar refractivity (Wildman–Crippen MR) is 103 cm³/mol. The van der Waals surface area contributed by atoms with Gasteiger partial charge in [0.2, 0.25) is 0 Å². The summed E-state index contributed by atoms with van der Waals surface area (Å²) < 4.78 is 16.7. The van der Waals surface area contributed by atoms with Gasteiger partial charge in [-0.15, -0.1) is 0 Å². The maximum absolute atomic E-state index is 13.4. The van der Waals surface area contributed by atoms with Gasteiger partial charge in [0.1, 0.15) is 24.3 Å². The Morgan fingerprint density at radius 2 is 1.73 bits per heavy atom. The van der Waals surface area contributed by atoms with Gasteiger partial charge in [-0.3, -0.25) is 9.59 Å². The highest BCUT2D eigenvalue weighted by atomic mass is 16.6. The molecule has 0 saturated heterocycles. The largest absolute Gasteiger partial charge is 0.460 e. The Balaban J connectivity index is 1.32. The standard InChI is InChI=1S/C22H21NO7/c24-14-6-13-17-15(14)16(20(25)28-2-1-23-27)19(29-17)18(13)30-21(26)22-7-10-3-11(8-22)5-12(4-10)9-22/h10-12H,1-9H2. The number of carbonyl (C=O) groups is 3. The molecule has 5 aliphatic rings. The Hall–Kier alpha value is -2.77. The van der Waals surface area contributed by atoms with Gasteiger partial charge in [-0.05, 0) is 56.3 Å². The van der Waals surface area contributed by atoms with Gasteiger partial charge in [0.05, 0.1) is 16.5 Å². The van der Waals surface area contributed by atoms with E-state index < -0.39 is 11.4 Å². The van der Waals surface area contributed by atoms with Gasteiger partial charge in [0.15, 0.2) is 17.1 Å². The Morgan fingerprint density at radius 3 is 2.37 bits per heavy atom. The van der Waals surface area contributed by atoms with Crippen LogP contribution in [0.2, 0.25) is 0 Å². The highest BCUT2D eigenvalue weighted by Crippen LogP contribution is 2.60. The molecular weight excluding hydrogens is 390 g/mol. The fraction of sp³-hybridized carbons (Fsp3) is 0.591. The van der Waals surface area contributed by atoms with E-state index in [9.17, 15) is 19.3 Å². The smallest absolute Gasteiger partial charge is 0.343 e. The summed E-state index contributed by atoms with van der Waals surface area (Å²) in [6.45, 7) is -0.362. The number of benzene rings is 1.